The Kier molecular flexibility index (Phi) is 2.28. The molecule has 16 heavy (non-hydrogen) atoms. The molecule has 0 radical (unpaired) electrons. The Labute approximate surface area is 91.4 Å². The molecular formula is C11H8N2O3. The topological polar surface area (TPSA) is 63.5 Å². The van der Waals surface area contributed by atoms with Crippen LogP contribution in [0.2, 0.25) is 0 Å². The molecule has 0 spiro atoms. The maximum absolute atomic E-state index is 11.4. The zero-order chi connectivity index (χ0) is 11.7. The van der Waals surface area contributed by atoms with E-state index >= 15 is 0 Å². The van der Waals surface area contributed by atoms with Crippen LogP contribution >= 0.6 is 0 Å². The quantitative estimate of drug-likeness (QED) is 0.561. The molecule has 1 aromatic carbocycles. The van der Waals surface area contributed by atoms with Gasteiger partial charge in [0.25, 0.3) is 11.6 Å². The zero-order valence-electron chi connectivity index (χ0n) is 8.29. The van der Waals surface area contributed by atoms with E-state index in [0.717, 1.165) is 0 Å². The third-order valence-corrected chi connectivity index (χ3v) is 2.24. The zero-order valence-corrected chi connectivity index (χ0v) is 8.29. The molecule has 0 unspecified atom stereocenters. The number of amides is 1. The number of nitrogens with zero attached hydrogens (tertiary/aromatic N) is 2. The number of benzene rings is 1. The van der Waals surface area contributed by atoms with Crippen LogP contribution < -0.4 is 4.90 Å². The summed E-state index contributed by atoms with van der Waals surface area (Å²) >= 11 is 0. The molecule has 0 aliphatic carbocycles. The summed E-state index contributed by atoms with van der Waals surface area (Å²) in [6, 6.07) is 5.75. The molecule has 0 bridgehead atoms. The fourth-order valence-corrected chi connectivity index (χ4v) is 1.47. The molecule has 0 saturated heterocycles. The van der Waals surface area contributed by atoms with E-state index in [2.05, 4.69) is 6.58 Å². The monoisotopic (exact) mass is 216 g/mol. The minimum absolute atomic E-state index is 0.00559. The van der Waals surface area contributed by atoms with E-state index in [1.807, 2.05) is 0 Å². The lowest BCUT2D eigenvalue weighted by Gasteiger charge is -2.16. The number of non-ortho nitro benzene ring substituents is 1. The number of nitro benzene ring substituents is 1. The van der Waals surface area contributed by atoms with Crippen molar-refractivity contribution in [3.63, 3.8) is 0 Å². The second kappa shape index (κ2) is 3.62. The Balaban J connectivity index is 2.32. The van der Waals surface area contributed by atoms with Crippen molar-refractivity contribution in [2.45, 2.75) is 0 Å². The number of carbonyl (C=O) groups is 1. The molecule has 1 aliphatic heterocycles. The SMILES string of the molecule is C=C1C=CC(=O)N1c1ccc([N+](=O)[O-])cc1. The van der Waals surface area contributed by atoms with Gasteiger partial charge in [-0.2, -0.15) is 0 Å². The average molecular weight is 216 g/mol. The maximum Gasteiger partial charge on any atom is 0.269 e. The van der Waals surface area contributed by atoms with Gasteiger partial charge in [-0.1, -0.05) is 6.58 Å². The van der Waals surface area contributed by atoms with Gasteiger partial charge in [0.05, 0.1) is 4.92 Å². The molecule has 0 saturated carbocycles. The lowest BCUT2D eigenvalue weighted by Crippen LogP contribution is -2.22. The minimum atomic E-state index is -0.483. The molecule has 0 aromatic heterocycles. The molecule has 80 valence electrons. The van der Waals surface area contributed by atoms with Crippen molar-refractivity contribution < 1.29 is 9.72 Å². The molecule has 2 rings (SSSR count). The van der Waals surface area contributed by atoms with Crippen LogP contribution in [-0.4, -0.2) is 10.8 Å². The molecule has 5 nitrogen and oxygen atoms in total. The number of allylic oxidation sites excluding steroid dienone is 1. The second-order valence-corrected chi connectivity index (χ2v) is 3.27. The second-order valence-electron chi connectivity index (χ2n) is 3.27. The first-order valence-corrected chi connectivity index (χ1v) is 4.55. The molecule has 1 aromatic rings. The van der Waals surface area contributed by atoms with E-state index in [0.29, 0.717) is 11.4 Å². The summed E-state index contributed by atoms with van der Waals surface area (Å²) in [5.41, 5.74) is 1.12. The average Bonchev–Trinajstić information content (AvgIpc) is 2.59. The van der Waals surface area contributed by atoms with E-state index in [1.54, 1.807) is 6.08 Å². The minimum Gasteiger partial charge on any atom is -0.278 e. The van der Waals surface area contributed by atoms with E-state index in [1.165, 1.54) is 35.2 Å². The van der Waals surface area contributed by atoms with Gasteiger partial charge in [-0.3, -0.25) is 19.8 Å². The van der Waals surface area contributed by atoms with Crippen molar-refractivity contribution in [2.75, 3.05) is 4.90 Å². The van der Waals surface area contributed by atoms with Crippen molar-refractivity contribution in [1.82, 2.24) is 0 Å². The van der Waals surface area contributed by atoms with Gasteiger partial charge in [0.2, 0.25) is 0 Å². The van der Waals surface area contributed by atoms with E-state index < -0.39 is 4.92 Å². The molecule has 5 heteroatoms. The Hall–Kier alpha value is -2.43. The first-order valence-electron chi connectivity index (χ1n) is 4.55. The van der Waals surface area contributed by atoms with Crippen molar-refractivity contribution in [3.8, 4) is 0 Å². The summed E-state index contributed by atoms with van der Waals surface area (Å²) < 4.78 is 0. The van der Waals surface area contributed by atoms with Gasteiger partial charge in [-0.25, -0.2) is 0 Å². The summed E-state index contributed by atoms with van der Waals surface area (Å²) in [4.78, 5) is 22.8. The molecular weight excluding hydrogens is 208 g/mol. The third kappa shape index (κ3) is 1.58. The lowest BCUT2D eigenvalue weighted by atomic mass is 10.2. The van der Waals surface area contributed by atoms with E-state index in [-0.39, 0.29) is 11.6 Å². The molecule has 0 N–H and O–H groups in total. The first kappa shape index (κ1) is 10.1. The normalized spacial score (nSPS) is 14.6. The highest BCUT2D eigenvalue weighted by Crippen LogP contribution is 2.25. The standard InChI is InChI=1S/C11H8N2O3/c1-8-2-7-11(14)12(8)9-3-5-10(6-4-9)13(15)16/h2-7H,1H2. The predicted molar refractivity (Wildman–Crippen MR) is 58.9 cm³/mol. The van der Waals surface area contributed by atoms with Crippen LogP contribution in [0.15, 0.2) is 48.7 Å². The fraction of sp³-hybridized carbons (Fsp3) is 0. The van der Waals surface area contributed by atoms with Gasteiger partial charge in [-0.15, -0.1) is 0 Å². The molecule has 1 heterocycles. The molecule has 0 atom stereocenters. The molecule has 0 fully saturated rings. The highest BCUT2D eigenvalue weighted by Gasteiger charge is 2.20. The van der Waals surface area contributed by atoms with Crippen molar-refractivity contribution >= 4 is 17.3 Å². The van der Waals surface area contributed by atoms with Crippen LogP contribution in [0.3, 0.4) is 0 Å². The van der Waals surface area contributed by atoms with Crippen molar-refractivity contribution in [3.05, 3.63) is 58.8 Å². The van der Waals surface area contributed by atoms with Crippen LogP contribution in [0.1, 0.15) is 0 Å². The van der Waals surface area contributed by atoms with E-state index in [9.17, 15) is 14.9 Å². The van der Waals surface area contributed by atoms with Gasteiger partial charge in [0.15, 0.2) is 0 Å². The summed E-state index contributed by atoms with van der Waals surface area (Å²) in [6.45, 7) is 3.70. The largest absolute Gasteiger partial charge is 0.278 e. The smallest absolute Gasteiger partial charge is 0.269 e. The Morgan fingerprint density at radius 3 is 2.25 bits per heavy atom. The fourth-order valence-electron chi connectivity index (χ4n) is 1.47. The Morgan fingerprint density at radius 2 is 1.81 bits per heavy atom. The number of hydrogen-bond acceptors (Lipinski definition) is 3. The van der Waals surface area contributed by atoms with E-state index in [4.69, 9.17) is 0 Å². The third-order valence-electron chi connectivity index (χ3n) is 2.24. The molecule has 1 amide bonds. The Bertz CT molecular complexity index is 484. The molecule has 1 aliphatic rings. The maximum atomic E-state index is 11.4. The summed E-state index contributed by atoms with van der Waals surface area (Å²) in [6.07, 6.45) is 3.01. The van der Waals surface area contributed by atoms with Crippen molar-refractivity contribution in [2.24, 2.45) is 0 Å². The van der Waals surface area contributed by atoms with Crippen LogP contribution in [-0.2, 0) is 4.79 Å². The first-order chi connectivity index (χ1) is 7.59. The van der Waals surface area contributed by atoms with Gasteiger partial charge in [0, 0.05) is 29.6 Å². The number of anilines is 1. The van der Waals surface area contributed by atoms with Gasteiger partial charge >= 0.3 is 0 Å². The van der Waals surface area contributed by atoms with Crippen LogP contribution in [0.25, 0.3) is 0 Å². The van der Waals surface area contributed by atoms with Gasteiger partial charge in [-0.05, 0) is 18.2 Å². The number of hydrogen-bond donors (Lipinski definition) is 0. The van der Waals surface area contributed by atoms with Gasteiger partial charge in [0.1, 0.15) is 0 Å². The van der Waals surface area contributed by atoms with Crippen LogP contribution in [0.4, 0.5) is 11.4 Å². The lowest BCUT2D eigenvalue weighted by molar-refractivity contribution is -0.384. The Morgan fingerprint density at radius 1 is 1.19 bits per heavy atom. The number of rotatable bonds is 2. The van der Waals surface area contributed by atoms with Crippen molar-refractivity contribution in [1.29, 1.82) is 0 Å². The highest BCUT2D eigenvalue weighted by atomic mass is 16.6. The van der Waals surface area contributed by atoms with Gasteiger partial charge < -0.3 is 0 Å². The number of carbonyl (C=O) groups excluding carboxylic acids is 1. The van der Waals surface area contributed by atoms with Crippen LogP contribution in [0, 0.1) is 10.1 Å². The highest BCUT2D eigenvalue weighted by molar-refractivity contribution is 6.07. The predicted octanol–water partition coefficient (Wildman–Crippen LogP) is 2.01. The summed E-state index contributed by atoms with van der Waals surface area (Å²) in [5.74, 6) is -0.196. The summed E-state index contributed by atoms with van der Waals surface area (Å²) in [7, 11) is 0. The van der Waals surface area contributed by atoms with Crippen LogP contribution in [0.5, 0.6) is 0 Å². The summed E-state index contributed by atoms with van der Waals surface area (Å²) in [5, 5.41) is 10.5. The number of nitro groups is 1.